The summed E-state index contributed by atoms with van der Waals surface area (Å²) >= 11 is 0. The van der Waals surface area contributed by atoms with Crippen LogP contribution in [0.5, 0.6) is 0 Å². The molecule has 0 radical (unpaired) electrons. The summed E-state index contributed by atoms with van der Waals surface area (Å²) in [5, 5.41) is 12.5. The van der Waals surface area contributed by atoms with Crippen molar-refractivity contribution in [2.75, 3.05) is 7.05 Å². The molecule has 1 aliphatic carbocycles. The summed E-state index contributed by atoms with van der Waals surface area (Å²) in [4.78, 5) is 23.1. The third kappa shape index (κ3) is 2.79. The molecule has 0 unspecified atom stereocenters. The van der Waals surface area contributed by atoms with E-state index in [1.807, 2.05) is 24.3 Å². The van der Waals surface area contributed by atoms with Gasteiger partial charge >= 0.3 is 11.8 Å². The molecule has 0 spiro atoms. The first kappa shape index (κ1) is 14.0. The van der Waals surface area contributed by atoms with E-state index in [0.29, 0.717) is 6.42 Å². The van der Waals surface area contributed by atoms with E-state index in [1.54, 1.807) is 0 Å². The van der Waals surface area contributed by atoms with Gasteiger partial charge in [0.1, 0.15) is 0 Å². The minimum atomic E-state index is -0.670. The largest absolute Gasteiger partial charge is 0.388 e. The Labute approximate surface area is 117 Å². The second kappa shape index (κ2) is 5.73. The monoisotopic (exact) mass is 274 g/mol. The van der Waals surface area contributed by atoms with Crippen molar-refractivity contribution in [2.24, 2.45) is 11.7 Å². The predicted octanol–water partition coefficient (Wildman–Crippen LogP) is 0.0883. The number of nitrogens with one attached hydrogen (secondary N) is 3. The molecular formula is C14H18N4O2. The zero-order valence-corrected chi connectivity index (χ0v) is 11.3. The predicted molar refractivity (Wildman–Crippen MR) is 75.1 cm³/mol. The molecule has 0 aliphatic heterocycles. The van der Waals surface area contributed by atoms with Gasteiger partial charge in [-0.05, 0) is 23.5 Å². The Morgan fingerprint density at radius 1 is 1.35 bits per heavy atom. The number of nitrogens with two attached hydrogens (primary N) is 1. The number of amidine groups is 1. The van der Waals surface area contributed by atoms with Crippen molar-refractivity contribution >= 4 is 17.6 Å². The summed E-state index contributed by atoms with van der Waals surface area (Å²) < 4.78 is 0. The number of benzene rings is 1. The van der Waals surface area contributed by atoms with Crippen LogP contribution < -0.4 is 16.4 Å². The van der Waals surface area contributed by atoms with Crippen LogP contribution in [-0.2, 0) is 16.0 Å². The first-order valence-corrected chi connectivity index (χ1v) is 6.46. The maximum Gasteiger partial charge on any atom is 0.309 e. The summed E-state index contributed by atoms with van der Waals surface area (Å²) in [6.07, 6.45) is 1.14. The molecule has 1 aromatic carbocycles. The topological polar surface area (TPSA) is 108 Å². The van der Waals surface area contributed by atoms with E-state index in [-0.39, 0.29) is 17.8 Å². The highest BCUT2D eigenvalue weighted by Gasteiger charge is 2.34. The van der Waals surface area contributed by atoms with Gasteiger partial charge in [0.05, 0.1) is 11.9 Å². The normalized spacial score (nSPS) is 20.1. The van der Waals surface area contributed by atoms with Crippen molar-refractivity contribution < 1.29 is 9.59 Å². The zero-order valence-electron chi connectivity index (χ0n) is 11.3. The van der Waals surface area contributed by atoms with Crippen LogP contribution in [0.1, 0.15) is 23.6 Å². The Kier molecular flexibility index (Phi) is 4.02. The van der Waals surface area contributed by atoms with Gasteiger partial charge in [-0.3, -0.25) is 15.0 Å². The van der Waals surface area contributed by atoms with Crippen molar-refractivity contribution in [3.05, 3.63) is 35.4 Å². The number of fused-ring (bicyclic) bond motifs is 1. The lowest BCUT2D eigenvalue weighted by molar-refractivity contribution is -0.139. The van der Waals surface area contributed by atoms with Crippen LogP contribution in [-0.4, -0.2) is 24.7 Å². The zero-order chi connectivity index (χ0) is 14.7. The molecule has 2 amide bonds. The Morgan fingerprint density at radius 3 is 2.70 bits per heavy atom. The molecule has 106 valence electrons. The number of amides is 2. The van der Waals surface area contributed by atoms with Crippen LogP contribution in [0, 0.1) is 11.3 Å². The summed E-state index contributed by atoms with van der Waals surface area (Å²) in [5.74, 6) is -1.24. The van der Waals surface area contributed by atoms with Crippen molar-refractivity contribution in [2.45, 2.75) is 18.9 Å². The van der Waals surface area contributed by atoms with Gasteiger partial charge < -0.3 is 16.4 Å². The maximum atomic E-state index is 11.8. The molecular weight excluding hydrogens is 256 g/mol. The van der Waals surface area contributed by atoms with E-state index < -0.39 is 11.8 Å². The fraction of sp³-hybridized carbons (Fsp3) is 0.357. The number of likely N-dealkylation sites (N-methyl/N-ethyl adjacent to an activating group) is 1. The van der Waals surface area contributed by atoms with Gasteiger partial charge in [0.15, 0.2) is 0 Å². The molecule has 0 saturated heterocycles. The Bertz CT molecular complexity index is 556. The standard InChI is InChI=1S/C14H18N4O2/c1-17-13(19)14(20)18-12-9(7-11(15)16)6-8-4-2-3-5-10(8)12/h2-5,9,12H,6-7H2,1H3,(H3,15,16)(H,17,19)(H,18,20)/t9-,12-/m1/s1. The minimum Gasteiger partial charge on any atom is -0.388 e. The second-order valence-electron chi connectivity index (χ2n) is 4.92. The average Bonchev–Trinajstić information content (AvgIpc) is 2.75. The van der Waals surface area contributed by atoms with Crippen LogP contribution in [0.4, 0.5) is 0 Å². The van der Waals surface area contributed by atoms with Crippen LogP contribution >= 0.6 is 0 Å². The number of rotatable bonds is 3. The quantitative estimate of drug-likeness (QED) is 0.356. The summed E-state index contributed by atoms with van der Waals surface area (Å²) in [6.45, 7) is 0. The summed E-state index contributed by atoms with van der Waals surface area (Å²) in [7, 11) is 1.41. The molecule has 0 fully saturated rings. The van der Waals surface area contributed by atoms with E-state index in [1.165, 1.54) is 7.05 Å². The Morgan fingerprint density at radius 2 is 2.05 bits per heavy atom. The third-order valence-corrected chi connectivity index (χ3v) is 3.55. The van der Waals surface area contributed by atoms with E-state index in [0.717, 1.165) is 17.5 Å². The fourth-order valence-corrected chi connectivity index (χ4v) is 2.67. The highest BCUT2D eigenvalue weighted by Crippen LogP contribution is 2.37. The average molecular weight is 274 g/mol. The SMILES string of the molecule is CNC(=O)C(=O)N[C@H]1c2ccccc2C[C@@H]1CC(=N)N. The number of carbonyl (C=O) groups excluding carboxylic acids is 2. The molecule has 1 aromatic rings. The van der Waals surface area contributed by atoms with Gasteiger partial charge in [0.2, 0.25) is 0 Å². The molecule has 1 aliphatic rings. The number of carbonyl (C=O) groups is 2. The molecule has 0 aromatic heterocycles. The van der Waals surface area contributed by atoms with Crippen molar-refractivity contribution in [3.8, 4) is 0 Å². The lowest BCUT2D eigenvalue weighted by Gasteiger charge is -2.21. The van der Waals surface area contributed by atoms with E-state index in [4.69, 9.17) is 11.1 Å². The smallest absolute Gasteiger partial charge is 0.309 e. The third-order valence-electron chi connectivity index (χ3n) is 3.55. The summed E-state index contributed by atoms with van der Waals surface area (Å²) in [6, 6.07) is 7.49. The molecule has 6 nitrogen and oxygen atoms in total. The van der Waals surface area contributed by atoms with Crippen LogP contribution in [0.3, 0.4) is 0 Å². The first-order valence-electron chi connectivity index (χ1n) is 6.46. The van der Waals surface area contributed by atoms with Crippen LogP contribution in [0.25, 0.3) is 0 Å². The van der Waals surface area contributed by atoms with Crippen LogP contribution in [0.2, 0.25) is 0 Å². The Balaban J connectivity index is 2.22. The maximum absolute atomic E-state index is 11.8. The minimum absolute atomic E-state index is 0.0125. The lowest BCUT2D eigenvalue weighted by atomic mass is 9.96. The van der Waals surface area contributed by atoms with Gasteiger partial charge in [-0.2, -0.15) is 0 Å². The van der Waals surface area contributed by atoms with Gasteiger partial charge in [-0.1, -0.05) is 24.3 Å². The van der Waals surface area contributed by atoms with Gasteiger partial charge in [-0.25, -0.2) is 0 Å². The molecule has 2 rings (SSSR count). The molecule has 6 heteroatoms. The first-order chi connectivity index (χ1) is 9.52. The van der Waals surface area contributed by atoms with Gasteiger partial charge in [-0.15, -0.1) is 0 Å². The molecule has 0 heterocycles. The van der Waals surface area contributed by atoms with Gasteiger partial charge in [0, 0.05) is 13.5 Å². The van der Waals surface area contributed by atoms with E-state index in [2.05, 4.69) is 10.6 Å². The van der Waals surface area contributed by atoms with E-state index >= 15 is 0 Å². The van der Waals surface area contributed by atoms with Gasteiger partial charge in [0.25, 0.3) is 0 Å². The van der Waals surface area contributed by atoms with Crippen molar-refractivity contribution in [1.29, 1.82) is 5.41 Å². The lowest BCUT2D eigenvalue weighted by Crippen LogP contribution is -2.41. The molecule has 5 N–H and O–H groups in total. The van der Waals surface area contributed by atoms with Crippen molar-refractivity contribution in [3.63, 3.8) is 0 Å². The second-order valence-corrected chi connectivity index (χ2v) is 4.92. The highest BCUT2D eigenvalue weighted by molar-refractivity contribution is 6.35. The van der Waals surface area contributed by atoms with Crippen molar-refractivity contribution in [1.82, 2.24) is 10.6 Å². The fourth-order valence-electron chi connectivity index (χ4n) is 2.67. The molecule has 20 heavy (non-hydrogen) atoms. The summed E-state index contributed by atoms with van der Waals surface area (Å²) in [5.41, 5.74) is 7.60. The highest BCUT2D eigenvalue weighted by atomic mass is 16.2. The Hall–Kier alpha value is -2.37. The number of hydrogen-bond acceptors (Lipinski definition) is 3. The number of hydrogen-bond donors (Lipinski definition) is 4. The van der Waals surface area contributed by atoms with Crippen LogP contribution in [0.15, 0.2) is 24.3 Å². The van der Waals surface area contributed by atoms with E-state index in [9.17, 15) is 9.59 Å². The molecule has 2 atom stereocenters. The molecule has 0 saturated carbocycles. The molecule has 0 bridgehead atoms.